The zero-order chi connectivity index (χ0) is 56.6. The van der Waals surface area contributed by atoms with E-state index in [0.29, 0.717) is 31.6 Å². The Kier molecular flexibility index (Phi) is 48.8. The van der Waals surface area contributed by atoms with Crippen LogP contribution in [0.15, 0.2) is 0 Å². The maximum Gasteiger partial charge on any atom is 0.472 e. The van der Waals surface area contributed by atoms with Crippen LogP contribution >= 0.6 is 15.6 Å². The van der Waals surface area contributed by atoms with E-state index < -0.39 is 97.5 Å². The molecule has 0 saturated carbocycles. The molecule has 0 fully saturated rings. The first-order valence-electron chi connectivity index (χ1n) is 30.0. The van der Waals surface area contributed by atoms with Crippen LogP contribution in [0.25, 0.3) is 0 Å². The van der Waals surface area contributed by atoms with Gasteiger partial charge in [-0.05, 0) is 37.5 Å². The second kappa shape index (κ2) is 50.1. The maximum absolute atomic E-state index is 12.9. The summed E-state index contributed by atoms with van der Waals surface area (Å²) in [6.07, 6.45) is 30.2. The van der Waals surface area contributed by atoms with E-state index in [1.165, 1.54) is 77.0 Å². The van der Waals surface area contributed by atoms with Gasteiger partial charge in [0.2, 0.25) is 0 Å². The van der Waals surface area contributed by atoms with E-state index in [-0.39, 0.29) is 25.7 Å². The highest BCUT2D eigenvalue weighted by atomic mass is 31.2. The molecule has 0 aromatic carbocycles. The Morgan fingerprint density at radius 1 is 0.355 bits per heavy atom. The van der Waals surface area contributed by atoms with Crippen molar-refractivity contribution in [1.29, 1.82) is 0 Å². The van der Waals surface area contributed by atoms with E-state index in [9.17, 15) is 43.2 Å². The molecule has 0 amide bonds. The summed E-state index contributed by atoms with van der Waals surface area (Å²) in [5.41, 5.74) is 0. The molecule has 0 aliphatic carbocycles. The number of esters is 4. The molecule has 19 heteroatoms. The van der Waals surface area contributed by atoms with Gasteiger partial charge in [0.25, 0.3) is 0 Å². The van der Waals surface area contributed by atoms with E-state index in [4.69, 9.17) is 37.0 Å². The summed E-state index contributed by atoms with van der Waals surface area (Å²) in [5.74, 6) is -0.675. The first-order valence-corrected chi connectivity index (χ1v) is 33.0. The van der Waals surface area contributed by atoms with Crippen LogP contribution in [-0.4, -0.2) is 96.7 Å². The molecule has 0 heterocycles. The molecule has 0 aromatic heterocycles. The minimum Gasteiger partial charge on any atom is -0.462 e. The van der Waals surface area contributed by atoms with Crippen LogP contribution < -0.4 is 0 Å². The lowest BCUT2D eigenvalue weighted by atomic mass is 10.0. The fourth-order valence-electron chi connectivity index (χ4n) is 8.29. The molecule has 0 radical (unpaired) electrons. The van der Waals surface area contributed by atoms with Crippen LogP contribution in [0, 0.1) is 11.8 Å². The Morgan fingerprint density at radius 3 is 0.895 bits per heavy atom. The zero-order valence-electron chi connectivity index (χ0n) is 48.5. The van der Waals surface area contributed by atoms with Gasteiger partial charge >= 0.3 is 39.5 Å². The van der Waals surface area contributed by atoms with Crippen molar-refractivity contribution in [3.63, 3.8) is 0 Å². The number of hydrogen-bond donors (Lipinski definition) is 3. The minimum atomic E-state index is -4.93. The van der Waals surface area contributed by atoms with Crippen molar-refractivity contribution < 1.29 is 80.2 Å². The van der Waals surface area contributed by atoms with Gasteiger partial charge in [0, 0.05) is 25.7 Å². The predicted octanol–water partition coefficient (Wildman–Crippen LogP) is 14.9. The van der Waals surface area contributed by atoms with Crippen molar-refractivity contribution in [2.45, 2.75) is 291 Å². The summed E-state index contributed by atoms with van der Waals surface area (Å²) in [6.45, 7) is 9.21. The van der Waals surface area contributed by atoms with Crippen molar-refractivity contribution in [3.05, 3.63) is 0 Å². The van der Waals surface area contributed by atoms with Crippen molar-refractivity contribution in [2.24, 2.45) is 11.8 Å². The van der Waals surface area contributed by atoms with Crippen molar-refractivity contribution in [2.75, 3.05) is 39.6 Å². The van der Waals surface area contributed by atoms with Gasteiger partial charge in [-0.15, -0.1) is 0 Å². The van der Waals surface area contributed by atoms with E-state index in [1.807, 2.05) is 0 Å². The van der Waals surface area contributed by atoms with Gasteiger partial charge in [0.1, 0.15) is 19.3 Å². The Bertz CT molecular complexity index is 1510. The Morgan fingerprint density at radius 2 is 0.605 bits per heavy atom. The Balaban J connectivity index is 5.11. The molecule has 3 N–H and O–H groups in total. The number of rotatable bonds is 56. The molecule has 0 spiro atoms. The molecule has 0 saturated heterocycles. The molecule has 0 aromatic rings. The quantitative estimate of drug-likeness (QED) is 0.0222. The predicted molar refractivity (Wildman–Crippen MR) is 298 cm³/mol. The van der Waals surface area contributed by atoms with Crippen molar-refractivity contribution in [1.82, 2.24) is 0 Å². The minimum absolute atomic E-state index is 0.0984. The Hall–Kier alpha value is -1.94. The number of hydrogen-bond acceptors (Lipinski definition) is 15. The first kappa shape index (κ1) is 74.1. The summed E-state index contributed by atoms with van der Waals surface area (Å²) >= 11 is 0. The van der Waals surface area contributed by atoms with Crippen LogP contribution in [0.5, 0.6) is 0 Å². The van der Waals surface area contributed by atoms with Gasteiger partial charge in [0.15, 0.2) is 12.2 Å². The highest BCUT2D eigenvalue weighted by Crippen LogP contribution is 2.45. The largest absolute Gasteiger partial charge is 0.472 e. The van der Waals surface area contributed by atoms with E-state index >= 15 is 0 Å². The molecule has 0 rings (SSSR count). The third kappa shape index (κ3) is 51.5. The SMILES string of the molecule is CCCCCCCC(=O)OC[C@H](COP(=O)(O)OC[C@H](O)COP(=O)(O)OC[C@@H](COC(=O)CCCCCCCCCC(C)C)OC(=O)CCCCCCCCCCCCCCCC(C)C)OC(=O)CCCCCCC. The van der Waals surface area contributed by atoms with Crippen LogP contribution in [-0.2, 0) is 65.4 Å². The summed E-state index contributed by atoms with van der Waals surface area (Å²) in [7, 11) is -9.85. The summed E-state index contributed by atoms with van der Waals surface area (Å²) < 4.78 is 67.3. The third-order valence-electron chi connectivity index (χ3n) is 13.0. The molecule has 5 atom stereocenters. The fraction of sp³-hybridized carbons (Fsp3) is 0.930. The fourth-order valence-corrected chi connectivity index (χ4v) is 9.87. The number of carbonyl (C=O) groups is 4. The van der Waals surface area contributed by atoms with Crippen molar-refractivity contribution >= 4 is 39.5 Å². The summed E-state index contributed by atoms with van der Waals surface area (Å²) in [6, 6.07) is 0. The third-order valence-corrected chi connectivity index (χ3v) is 14.9. The number of aliphatic hydroxyl groups is 1. The molecule has 0 aliphatic heterocycles. The average Bonchev–Trinajstić information content (AvgIpc) is 3.37. The second-order valence-electron chi connectivity index (χ2n) is 21.6. The number of unbranched alkanes of at least 4 members (excludes halogenated alkanes) is 26. The lowest BCUT2D eigenvalue weighted by molar-refractivity contribution is -0.161. The van der Waals surface area contributed by atoms with Gasteiger partial charge in [-0.2, -0.15) is 0 Å². The number of ether oxygens (including phenoxy) is 4. The molecule has 0 aliphatic rings. The average molecular weight is 1130 g/mol. The molecule has 76 heavy (non-hydrogen) atoms. The first-order chi connectivity index (χ1) is 36.4. The highest BCUT2D eigenvalue weighted by molar-refractivity contribution is 7.47. The van der Waals surface area contributed by atoms with Gasteiger partial charge < -0.3 is 33.8 Å². The van der Waals surface area contributed by atoms with E-state index in [2.05, 4.69) is 41.5 Å². The van der Waals surface area contributed by atoms with Crippen LogP contribution in [0.2, 0.25) is 0 Å². The smallest absolute Gasteiger partial charge is 0.462 e. The second-order valence-corrected chi connectivity index (χ2v) is 24.5. The van der Waals surface area contributed by atoms with Crippen molar-refractivity contribution in [3.8, 4) is 0 Å². The standard InChI is InChI=1S/C57H110O17P2/c1-7-9-11-25-33-39-54(59)67-45-52(73-56(61)41-35-26-12-10-8-2)47-71-75(63,64)69-43-51(58)44-70-76(65,66)72-48-53(46-68-55(60)40-34-29-24-20-22-28-32-38-50(5)6)74-57(62)42-36-30-23-19-17-15-13-14-16-18-21-27-31-37-49(3)4/h49-53,58H,7-48H2,1-6H3,(H,63,64)(H,65,66)/t51-,52+,53+/m0/s1. The summed E-state index contributed by atoms with van der Waals surface area (Å²) in [4.78, 5) is 71.3. The highest BCUT2D eigenvalue weighted by Gasteiger charge is 2.30. The van der Waals surface area contributed by atoms with Gasteiger partial charge in [-0.3, -0.25) is 37.3 Å². The van der Waals surface area contributed by atoms with E-state index in [1.54, 1.807) is 0 Å². The lowest BCUT2D eigenvalue weighted by Gasteiger charge is -2.21. The lowest BCUT2D eigenvalue weighted by Crippen LogP contribution is -2.30. The molecule has 17 nitrogen and oxygen atoms in total. The van der Waals surface area contributed by atoms with Crippen LogP contribution in [0.4, 0.5) is 0 Å². The zero-order valence-corrected chi connectivity index (χ0v) is 50.3. The number of aliphatic hydroxyl groups excluding tert-OH is 1. The van der Waals surface area contributed by atoms with Gasteiger partial charge in [-0.25, -0.2) is 9.13 Å². The van der Waals surface area contributed by atoms with Crippen LogP contribution in [0.3, 0.4) is 0 Å². The summed E-state index contributed by atoms with van der Waals surface area (Å²) in [5, 5.41) is 10.4. The molecular weight excluding hydrogens is 1020 g/mol. The molecule has 2 unspecified atom stereocenters. The van der Waals surface area contributed by atoms with Gasteiger partial charge in [-0.1, -0.05) is 221 Å². The monoisotopic (exact) mass is 1130 g/mol. The normalized spacial score (nSPS) is 14.5. The molecule has 0 bridgehead atoms. The van der Waals surface area contributed by atoms with E-state index in [0.717, 1.165) is 109 Å². The molecule has 450 valence electrons. The Labute approximate surface area is 460 Å². The number of phosphoric acid groups is 2. The topological polar surface area (TPSA) is 237 Å². The number of phosphoric ester groups is 2. The maximum atomic E-state index is 12.9. The molecular formula is C57H110O17P2. The van der Waals surface area contributed by atoms with Crippen LogP contribution in [0.1, 0.15) is 273 Å². The number of carbonyl (C=O) groups excluding carboxylic acids is 4. The van der Waals surface area contributed by atoms with Gasteiger partial charge in [0.05, 0.1) is 26.4 Å².